The summed E-state index contributed by atoms with van der Waals surface area (Å²) in [6.07, 6.45) is 1.09. The third-order valence-corrected chi connectivity index (χ3v) is 1.81. The predicted molar refractivity (Wildman–Crippen MR) is 54.0 cm³/mol. The summed E-state index contributed by atoms with van der Waals surface area (Å²) in [6.45, 7) is 9.39. The van der Waals surface area contributed by atoms with E-state index in [9.17, 15) is 0 Å². The molecule has 0 unspecified atom stereocenters. The maximum Gasteiger partial charge on any atom is 0.169 e. The van der Waals surface area contributed by atoms with Crippen LogP contribution in [0.1, 0.15) is 39.9 Å². The first-order valence-electron chi connectivity index (χ1n) is 4.75. The fourth-order valence-corrected chi connectivity index (χ4v) is 0.965. The first-order valence-corrected chi connectivity index (χ1v) is 4.75. The zero-order valence-corrected chi connectivity index (χ0v) is 8.85. The van der Waals surface area contributed by atoms with Crippen molar-refractivity contribution in [2.75, 3.05) is 11.9 Å². The van der Waals surface area contributed by atoms with Crippen LogP contribution in [0.5, 0.6) is 0 Å². The first-order chi connectivity index (χ1) is 6.04. The smallest absolute Gasteiger partial charge is 0.169 e. The molecule has 0 radical (unpaired) electrons. The van der Waals surface area contributed by atoms with Crippen LogP contribution in [0.25, 0.3) is 0 Å². The van der Waals surface area contributed by atoms with Gasteiger partial charge in [-0.05, 0) is 6.42 Å². The number of nitrogens with one attached hydrogen (secondary N) is 1. The Hall–Kier alpha value is -0.990. The van der Waals surface area contributed by atoms with Crippen LogP contribution in [0.4, 0.5) is 5.82 Å². The third kappa shape index (κ3) is 2.76. The van der Waals surface area contributed by atoms with Gasteiger partial charge in [0.1, 0.15) is 5.76 Å². The highest BCUT2D eigenvalue weighted by molar-refractivity contribution is 5.35. The summed E-state index contributed by atoms with van der Waals surface area (Å²) < 4.78 is 5.21. The highest BCUT2D eigenvalue weighted by Crippen LogP contribution is 2.24. The number of aromatic nitrogens is 1. The van der Waals surface area contributed by atoms with Gasteiger partial charge in [0.25, 0.3) is 0 Å². The molecule has 0 saturated heterocycles. The molecule has 0 spiro atoms. The maximum atomic E-state index is 5.21. The Morgan fingerprint density at radius 3 is 2.62 bits per heavy atom. The molecule has 1 rings (SSSR count). The van der Waals surface area contributed by atoms with Crippen LogP contribution in [-0.4, -0.2) is 11.7 Å². The molecular formula is C10H18N2O. The van der Waals surface area contributed by atoms with Crippen molar-refractivity contribution >= 4 is 5.82 Å². The SMILES string of the molecule is CCCNc1cc(C(C)(C)C)on1. The van der Waals surface area contributed by atoms with Gasteiger partial charge < -0.3 is 9.84 Å². The van der Waals surface area contributed by atoms with Crippen LogP contribution < -0.4 is 5.32 Å². The van der Waals surface area contributed by atoms with E-state index >= 15 is 0 Å². The summed E-state index contributed by atoms with van der Waals surface area (Å²) in [5.74, 6) is 1.76. The van der Waals surface area contributed by atoms with Crippen LogP contribution in [0, 0.1) is 0 Å². The van der Waals surface area contributed by atoms with Gasteiger partial charge in [-0.15, -0.1) is 0 Å². The van der Waals surface area contributed by atoms with E-state index < -0.39 is 0 Å². The Labute approximate surface area is 79.5 Å². The standard InChI is InChI=1S/C10H18N2O/c1-5-6-11-9-7-8(13-12-9)10(2,3)4/h7H,5-6H2,1-4H3,(H,11,12). The quantitative estimate of drug-likeness (QED) is 0.781. The lowest BCUT2D eigenvalue weighted by molar-refractivity contribution is 0.330. The monoisotopic (exact) mass is 182 g/mol. The predicted octanol–water partition coefficient (Wildman–Crippen LogP) is 2.79. The van der Waals surface area contributed by atoms with E-state index in [0.29, 0.717) is 0 Å². The van der Waals surface area contributed by atoms with Gasteiger partial charge in [-0.1, -0.05) is 32.9 Å². The van der Waals surface area contributed by atoms with Crippen molar-refractivity contribution in [3.05, 3.63) is 11.8 Å². The fourth-order valence-electron chi connectivity index (χ4n) is 0.965. The average molecular weight is 182 g/mol. The van der Waals surface area contributed by atoms with Crippen LogP contribution >= 0.6 is 0 Å². The minimum absolute atomic E-state index is 0.0408. The molecule has 0 aromatic carbocycles. The summed E-state index contributed by atoms with van der Waals surface area (Å²) in [6, 6.07) is 1.97. The molecule has 0 saturated carbocycles. The molecule has 3 nitrogen and oxygen atoms in total. The van der Waals surface area contributed by atoms with Crippen LogP contribution in [0.15, 0.2) is 10.6 Å². The Morgan fingerprint density at radius 1 is 1.46 bits per heavy atom. The Bertz CT molecular complexity index is 260. The summed E-state index contributed by atoms with van der Waals surface area (Å²) in [5, 5.41) is 7.12. The Balaban J connectivity index is 2.64. The van der Waals surface area contributed by atoms with Gasteiger partial charge in [0, 0.05) is 18.0 Å². The minimum atomic E-state index is 0.0408. The highest BCUT2D eigenvalue weighted by atomic mass is 16.5. The van der Waals surface area contributed by atoms with E-state index in [0.717, 1.165) is 24.5 Å². The van der Waals surface area contributed by atoms with Crippen molar-refractivity contribution in [2.24, 2.45) is 0 Å². The molecular weight excluding hydrogens is 164 g/mol. The van der Waals surface area contributed by atoms with Crippen molar-refractivity contribution in [2.45, 2.75) is 39.5 Å². The Morgan fingerprint density at radius 2 is 2.15 bits per heavy atom. The maximum absolute atomic E-state index is 5.21. The van der Waals surface area contributed by atoms with E-state index in [4.69, 9.17) is 4.52 Å². The Kier molecular flexibility index (Phi) is 2.96. The van der Waals surface area contributed by atoms with E-state index in [-0.39, 0.29) is 5.41 Å². The van der Waals surface area contributed by atoms with Crippen molar-refractivity contribution < 1.29 is 4.52 Å². The van der Waals surface area contributed by atoms with Crippen molar-refractivity contribution in [3.8, 4) is 0 Å². The van der Waals surface area contributed by atoms with E-state index in [1.54, 1.807) is 0 Å². The summed E-state index contributed by atoms with van der Waals surface area (Å²) in [4.78, 5) is 0. The van der Waals surface area contributed by atoms with Gasteiger partial charge in [0.2, 0.25) is 0 Å². The number of nitrogens with zero attached hydrogens (tertiary/aromatic N) is 1. The molecule has 13 heavy (non-hydrogen) atoms. The molecule has 0 atom stereocenters. The molecule has 1 heterocycles. The molecule has 1 N–H and O–H groups in total. The highest BCUT2D eigenvalue weighted by Gasteiger charge is 2.19. The second kappa shape index (κ2) is 3.81. The number of anilines is 1. The normalized spacial score (nSPS) is 11.7. The minimum Gasteiger partial charge on any atom is -0.367 e. The molecule has 0 fully saturated rings. The van der Waals surface area contributed by atoms with Crippen molar-refractivity contribution in [1.29, 1.82) is 0 Å². The van der Waals surface area contributed by atoms with Gasteiger partial charge in [-0.25, -0.2) is 0 Å². The molecule has 3 heteroatoms. The molecule has 0 aliphatic rings. The lowest BCUT2D eigenvalue weighted by atomic mass is 9.93. The second-order valence-electron chi connectivity index (χ2n) is 4.25. The topological polar surface area (TPSA) is 38.1 Å². The van der Waals surface area contributed by atoms with Crippen LogP contribution in [-0.2, 0) is 5.41 Å². The molecule has 0 aliphatic carbocycles. The van der Waals surface area contributed by atoms with Gasteiger partial charge >= 0.3 is 0 Å². The molecule has 1 aromatic rings. The van der Waals surface area contributed by atoms with Crippen LogP contribution in [0.3, 0.4) is 0 Å². The molecule has 74 valence electrons. The molecule has 1 aromatic heterocycles. The first kappa shape index (κ1) is 10.1. The fraction of sp³-hybridized carbons (Fsp3) is 0.700. The molecule has 0 bridgehead atoms. The lowest BCUT2D eigenvalue weighted by Gasteiger charge is -2.11. The van der Waals surface area contributed by atoms with Crippen molar-refractivity contribution in [1.82, 2.24) is 5.16 Å². The summed E-state index contributed by atoms with van der Waals surface area (Å²) >= 11 is 0. The van der Waals surface area contributed by atoms with E-state index in [1.165, 1.54) is 0 Å². The second-order valence-corrected chi connectivity index (χ2v) is 4.25. The summed E-state index contributed by atoms with van der Waals surface area (Å²) in [5.41, 5.74) is 0.0408. The van der Waals surface area contributed by atoms with Gasteiger partial charge in [0.05, 0.1) is 0 Å². The number of hydrogen-bond acceptors (Lipinski definition) is 3. The third-order valence-electron chi connectivity index (χ3n) is 1.81. The molecule has 0 amide bonds. The zero-order valence-electron chi connectivity index (χ0n) is 8.85. The van der Waals surface area contributed by atoms with E-state index in [1.807, 2.05) is 6.07 Å². The van der Waals surface area contributed by atoms with Crippen molar-refractivity contribution in [3.63, 3.8) is 0 Å². The summed E-state index contributed by atoms with van der Waals surface area (Å²) in [7, 11) is 0. The van der Waals surface area contributed by atoms with Crippen LogP contribution in [0.2, 0.25) is 0 Å². The number of hydrogen-bond donors (Lipinski definition) is 1. The number of rotatable bonds is 3. The average Bonchev–Trinajstić information content (AvgIpc) is 2.47. The van der Waals surface area contributed by atoms with Gasteiger partial charge in [0.15, 0.2) is 5.82 Å². The largest absolute Gasteiger partial charge is 0.367 e. The van der Waals surface area contributed by atoms with Gasteiger partial charge in [-0.3, -0.25) is 0 Å². The molecule has 0 aliphatic heterocycles. The van der Waals surface area contributed by atoms with E-state index in [2.05, 4.69) is 38.2 Å². The lowest BCUT2D eigenvalue weighted by Crippen LogP contribution is -2.09. The zero-order chi connectivity index (χ0) is 9.90. The van der Waals surface area contributed by atoms with Gasteiger partial charge in [-0.2, -0.15) is 0 Å².